The van der Waals surface area contributed by atoms with Gasteiger partial charge in [0.2, 0.25) is 0 Å². The summed E-state index contributed by atoms with van der Waals surface area (Å²) < 4.78 is 11.1. The molecule has 1 saturated heterocycles. The summed E-state index contributed by atoms with van der Waals surface area (Å²) in [5, 5.41) is 2.67. The largest absolute Gasteiger partial charge is 0.467 e. The molecule has 1 atom stereocenters. The van der Waals surface area contributed by atoms with E-state index in [0.29, 0.717) is 8.58 Å². The van der Waals surface area contributed by atoms with E-state index in [2.05, 4.69) is 56.0 Å². The SMILES string of the molecule is COCOc1c(C)cc(C)cc1Pc1ccc(C)cc1N1CCCCC1. The average molecular weight is 371 g/mol. The fourth-order valence-corrected chi connectivity index (χ4v) is 5.14. The maximum absolute atomic E-state index is 5.92. The summed E-state index contributed by atoms with van der Waals surface area (Å²) in [6.07, 6.45) is 3.94. The molecule has 4 heteroatoms. The Kier molecular flexibility index (Phi) is 6.56. The lowest BCUT2D eigenvalue weighted by molar-refractivity contribution is 0.0514. The minimum Gasteiger partial charge on any atom is -0.467 e. The van der Waals surface area contributed by atoms with E-state index in [0.717, 1.165) is 5.75 Å². The van der Waals surface area contributed by atoms with Crippen LogP contribution in [-0.2, 0) is 4.74 Å². The molecule has 0 radical (unpaired) electrons. The quantitative estimate of drug-likeness (QED) is 0.561. The number of methoxy groups -OCH3 is 1. The van der Waals surface area contributed by atoms with Gasteiger partial charge in [0.15, 0.2) is 6.79 Å². The minimum absolute atomic E-state index is 0.286. The van der Waals surface area contributed by atoms with Crippen molar-refractivity contribution in [3.05, 3.63) is 47.0 Å². The fourth-order valence-electron chi connectivity index (χ4n) is 3.65. The molecule has 26 heavy (non-hydrogen) atoms. The van der Waals surface area contributed by atoms with Gasteiger partial charge in [-0.2, -0.15) is 0 Å². The summed E-state index contributed by atoms with van der Waals surface area (Å²) in [6.45, 7) is 9.08. The van der Waals surface area contributed by atoms with E-state index >= 15 is 0 Å². The maximum atomic E-state index is 5.92. The third-order valence-corrected chi connectivity index (χ3v) is 6.19. The molecule has 1 aliphatic heterocycles. The molecule has 0 bridgehead atoms. The molecule has 0 aromatic heterocycles. The van der Waals surface area contributed by atoms with Crippen molar-refractivity contribution < 1.29 is 9.47 Å². The first-order chi connectivity index (χ1) is 12.6. The topological polar surface area (TPSA) is 21.7 Å². The van der Waals surface area contributed by atoms with Gasteiger partial charge in [-0.1, -0.05) is 26.8 Å². The van der Waals surface area contributed by atoms with E-state index in [1.807, 2.05) is 0 Å². The lowest BCUT2D eigenvalue weighted by Crippen LogP contribution is -2.32. The first kappa shape index (κ1) is 19.2. The van der Waals surface area contributed by atoms with Crippen LogP contribution < -0.4 is 20.2 Å². The van der Waals surface area contributed by atoms with Gasteiger partial charge >= 0.3 is 0 Å². The predicted molar refractivity (Wildman–Crippen MR) is 113 cm³/mol. The zero-order valence-electron chi connectivity index (χ0n) is 16.4. The van der Waals surface area contributed by atoms with Crippen molar-refractivity contribution in [2.24, 2.45) is 0 Å². The molecule has 3 nitrogen and oxygen atoms in total. The Morgan fingerprint density at radius 3 is 2.42 bits per heavy atom. The second-order valence-corrected chi connectivity index (χ2v) is 8.53. The summed E-state index contributed by atoms with van der Waals surface area (Å²) >= 11 is 0. The van der Waals surface area contributed by atoms with E-state index in [1.54, 1.807) is 7.11 Å². The van der Waals surface area contributed by atoms with Crippen molar-refractivity contribution in [1.29, 1.82) is 0 Å². The molecule has 2 aromatic rings. The average Bonchev–Trinajstić information content (AvgIpc) is 2.63. The number of rotatable bonds is 6. The lowest BCUT2D eigenvalue weighted by Gasteiger charge is -2.31. The molecule has 1 unspecified atom stereocenters. The minimum atomic E-state index is 0.286. The van der Waals surface area contributed by atoms with Gasteiger partial charge in [-0.05, 0) is 68.9 Å². The van der Waals surface area contributed by atoms with Crippen LogP contribution in [0, 0.1) is 20.8 Å². The highest BCUT2D eigenvalue weighted by Crippen LogP contribution is 2.29. The molecular formula is C22H30NO2P. The first-order valence-corrected chi connectivity index (χ1v) is 10.4. The summed E-state index contributed by atoms with van der Waals surface area (Å²) in [5.74, 6) is 0.973. The second kappa shape index (κ2) is 8.88. The van der Waals surface area contributed by atoms with Gasteiger partial charge < -0.3 is 14.4 Å². The first-order valence-electron chi connectivity index (χ1n) is 9.44. The number of benzene rings is 2. The van der Waals surface area contributed by atoms with E-state index in [4.69, 9.17) is 9.47 Å². The summed E-state index contributed by atoms with van der Waals surface area (Å²) in [5.41, 5.74) is 5.19. The molecule has 1 fully saturated rings. The van der Waals surface area contributed by atoms with Gasteiger partial charge in [-0.25, -0.2) is 0 Å². The van der Waals surface area contributed by atoms with E-state index in [9.17, 15) is 0 Å². The number of nitrogens with zero attached hydrogens (tertiary/aromatic N) is 1. The standard InChI is InChI=1S/C22H30NO2P/c1-16-8-9-20(19(13-16)23-10-6-5-7-11-23)26-21-14-17(2)12-18(3)22(21)25-15-24-4/h8-9,12-14,26H,5-7,10-11,15H2,1-4H3. The maximum Gasteiger partial charge on any atom is 0.188 e. The van der Waals surface area contributed by atoms with Crippen LogP contribution in [0.25, 0.3) is 0 Å². The Balaban J connectivity index is 1.96. The normalized spacial score (nSPS) is 15.0. The lowest BCUT2D eigenvalue weighted by atomic mass is 10.1. The Morgan fingerprint density at radius 1 is 0.923 bits per heavy atom. The van der Waals surface area contributed by atoms with Crippen LogP contribution in [0.1, 0.15) is 36.0 Å². The molecule has 0 aliphatic carbocycles. The van der Waals surface area contributed by atoms with Crippen LogP contribution >= 0.6 is 8.58 Å². The van der Waals surface area contributed by atoms with Crippen LogP contribution in [0.5, 0.6) is 5.75 Å². The van der Waals surface area contributed by atoms with E-state index in [-0.39, 0.29) is 6.79 Å². The van der Waals surface area contributed by atoms with Crippen LogP contribution in [0.15, 0.2) is 30.3 Å². The van der Waals surface area contributed by atoms with E-state index < -0.39 is 0 Å². The van der Waals surface area contributed by atoms with Crippen LogP contribution in [0.3, 0.4) is 0 Å². The Bertz CT molecular complexity index is 754. The van der Waals surface area contributed by atoms with Gasteiger partial charge in [-0.3, -0.25) is 0 Å². The zero-order chi connectivity index (χ0) is 18.5. The molecule has 1 heterocycles. The predicted octanol–water partition coefficient (Wildman–Crippen LogP) is 4.21. The zero-order valence-corrected chi connectivity index (χ0v) is 17.4. The number of hydrogen-bond donors (Lipinski definition) is 0. The summed E-state index contributed by atoms with van der Waals surface area (Å²) in [7, 11) is 2.24. The van der Waals surface area contributed by atoms with Crippen molar-refractivity contribution in [3.8, 4) is 5.75 Å². The molecule has 3 rings (SSSR count). The number of ether oxygens (including phenoxy) is 2. The summed E-state index contributed by atoms with van der Waals surface area (Å²) in [4.78, 5) is 2.57. The van der Waals surface area contributed by atoms with Crippen molar-refractivity contribution >= 4 is 24.9 Å². The molecule has 140 valence electrons. The molecule has 0 saturated carbocycles. The fraction of sp³-hybridized carbons (Fsp3) is 0.455. The molecule has 0 spiro atoms. The van der Waals surface area contributed by atoms with Gasteiger partial charge in [0.1, 0.15) is 5.75 Å². The van der Waals surface area contributed by atoms with Crippen LogP contribution in [0.4, 0.5) is 5.69 Å². The Morgan fingerprint density at radius 2 is 1.69 bits per heavy atom. The highest BCUT2D eigenvalue weighted by Gasteiger charge is 2.17. The van der Waals surface area contributed by atoms with Gasteiger partial charge in [0.25, 0.3) is 0 Å². The van der Waals surface area contributed by atoms with E-state index in [1.165, 1.54) is 65.3 Å². The van der Waals surface area contributed by atoms with Crippen molar-refractivity contribution in [2.45, 2.75) is 40.0 Å². The summed E-state index contributed by atoms with van der Waals surface area (Å²) in [6, 6.07) is 11.3. The molecule has 2 aromatic carbocycles. The van der Waals surface area contributed by atoms with Crippen molar-refractivity contribution in [2.75, 3.05) is 31.9 Å². The van der Waals surface area contributed by atoms with Gasteiger partial charge in [0, 0.05) is 36.5 Å². The highest BCUT2D eigenvalue weighted by molar-refractivity contribution is 7.56. The number of aryl methyl sites for hydroxylation is 3. The third kappa shape index (κ3) is 4.58. The van der Waals surface area contributed by atoms with Gasteiger partial charge in [-0.15, -0.1) is 0 Å². The van der Waals surface area contributed by atoms with Crippen molar-refractivity contribution in [3.63, 3.8) is 0 Å². The van der Waals surface area contributed by atoms with Crippen LogP contribution in [0.2, 0.25) is 0 Å². The van der Waals surface area contributed by atoms with Crippen molar-refractivity contribution in [1.82, 2.24) is 0 Å². The Labute approximate surface area is 159 Å². The monoisotopic (exact) mass is 371 g/mol. The number of piperidine rings is 1. The third-order valence-electron chi connectivity index (χ3n) is 4.86. The highest BCUT2D eigenvalue weighted by atomic mass is 31.1. The second-order valence-electron chi connectivity index (χ2n) is 7.20. The smallest absolute Gasteiger partial charge is 0.188 e. The molecule has 1 aliphatic rings. The number of anilines is 1. The molecular weight excluding hydrogens is 341 g/mol. The molecule has 0 N–H and O–H groups in total. The van der Waals surface area contributed by atoms with Gasteiger partial charge in [0.05, 0.1) is 0 Å². The molecule has 0 amide bonds. The van der Waals surface area contributed by atoms with Crippen LogP contribution in [-0.4, -0.2) is 27.0 Å². The Hall–Kier alpha value is -1.57. The number of hydrogen-bond acceptors (Lipinski definition) is 3.